The van der Waals surface area contributed by atoms with Gasteiger partial charge in [-0.25, -0.2) is 0 Å². The summed E-state index contributed by atoms with van der Waals surface area (Å²) in [5.74, 6) is -0.337. The fraction of sp³-hybridized carbons (Fsp3) is 0.222. The summed E-state index contributed by atoms with van der Waals surface area (Å²) in [4.78, 5) is 21.5. The number of carbonyl (C=O) groups is 1. The summed E-state index contributed by atoms with van der Waals surface area (Å²) >= 11 is 7.26. The van der Waals surface area contributed by atoms with E-state index in [2.05, 4.69) is 0 Å². The standard InChI is InChI=1S/C9H7ClINO3/c1-5-2-8(12(14)15)7(11)3-6(5)9(13)4-10/h2-3H,4H2,1H3. The second-order valence-corrected chi connectivity index (χ2v) is 4.36. The number of ketones is 1. The lowest BCUT2D eigenvalue weighted by molar-refractivity contribution is -0.385. The molecule has 4 nitrogen and oxygen atoms in total. The number of Topliss-reactive ketones (excluding diaryl/α,β-unsaturated/α-hetero) is 1. The smallest absolute Gasteiger partial charge is 0.282 e. The highest BCUT2D eigenvalue weighted by Gasteiger charge is 2.17. The summed E-state index contributed by atoms with van der Waals surface area (Å²) < 4.78 is 0.441. The molecule has 0 aliphatic heterocycles. The Morgan fingerprint density at radius 2 is 2.20 bits per heavy atom. The average molecular weight is 340 g/mol. The monoisotopic (exact) mass is 339 g/mol. The first kappa shape index (κ1) is 12.4. The van der Waals surface area contributed by atoms with E-state index < -0.39 is 4.92 Å². The van der Waals surface area contributed by atoms with Gasteiger partial charge in [-0.1, -0.05) is 0 Å². The van der Waals surface area contributed by atoms with Crippen LogP contribution in [0, 0.1) is 20.6 Å². The highest BCUT2D eigenvalue weighted by molar-refractivity contribution is 14.1. The lowest BCUT2D eigenvalue weighted by atomic mass is 10.1. The average Bonchev–Trinajstić information content (AvgIpc) is 2.19. The quantitative estimate of drug-likeness (QED) is 0.280. The van der Waals surface area contributed by atoms with Crippen LogP contribution in [0.5, 0.6) is 0 Å². The van der Waals surface area contributed by atoms with E-state index in [4.69, 9.17) is 11.6 Å². The number of hydrogen-bond acceptors (Lipinski definition) is 3. The summed E-state index contributed by atoms with van der Waals surface area (Å²) in [5.41, 5.74) is 1.03. The van der Waals surface area contributed by atoms with Crippen LogP contribution in [-0.2, 0) is 0 Å². The van der Waals surface area contributed by atoms with E-state index in [0.717, 1.165) is 0 Å². The number of aryl methyl sites for hydroxylation is 1. The van der Waals surface area contributed by atoms with Gasteiger partial charge in [0, 0.05) is 11.6 Å². The molecule has 1 aromatic rings. The molecule has 0 aliphatic rings. The van der Waals surface area contributed by atoms with Gasteiger partial charge in [-0.15, -0.1) is 11.6 Å². The number of carbonyl (C=O) groups excluding carboxylic acids is 1. The van der Waals surface area contributed by atoms with Gasteiger partial charge >= 0.3 is 0 Å². The number of halogens is 2. The molecule has 0 aliphatic carbocycles. The van der Waals surface area contributed by atoms with E-state index in [0.29, 0.717) is 14.7 Å². The number of nitro benzene ring substituents is 1. The van der Waals surface area contributed by atoms with E-state index in [1.165, 1.54) is 12.1 Å². The van der Waals surface area contributed by atoms with Crippen molar-refractivity contribution in [2.45, 2.75) is 6.92 Å². The molecular formula is C9H7ClINO3. The molecule has 15 heavy (non-hydrogen) atoms. The topological polar surface area (TPSA) is 60.2 Å². The Kier molecular flexibility index (Phi) is 4.04. The van der Waals surface area contributed by atoms with Gasteiger partial charge in [0.1, 0.15) is 0 Å². The molecule has 6 heteroatoms. The van der Waals surface area contributed by atoms with E-state index in [9.17, 15) is 14.9 Å². The fourth-order valence-electron chi connectivity index (χ4n) is 1.18. The molecule has 0 unspecified atom stereocenters. The van der Waals surface area contributed by atoms with Gasteiger partial charge in [0.05, 0.1) is 14.4 Å². The lowest BCUT2D eigenvalue weighted by Gasteiger charge is -2.04. The summed E-state index contributed by atoms with van der Waals surface area (Å²) in [7, 11) is 0. The van der Waals surface area contributed by atoms with Gasteiger partial charge in [-0.05, 0) is 41.1 Å². The van der Waals surface area contributed by atoms with Crippen LogP contribution in [0.4, 0.5) is 5.69 Å². The van der Waals surface area contributed by atoms with Crippen molar-refractivity contribution in [1.82, 2.24) is 0 Å². The van der Waals surface area contributed by atoms with Crippen LogP contribution in [0.1, 0.15) is 15.9 Å². The predicted octanol–water partition coefficient (Wildman–Crippen LogP) is 2.93. The summed E-state index contributed by atoms with van der Waals surface area (Å²) in [5, 5.41) is 10.6. The van der Waals surface area contributed by atoms with Crippen LogP contribution in [0.2, 0.25) is 0 Å². The molecule has 0 atom stereocenters. The Labute approximate surface area is 105 Å². The zero-order valence-electron chi connectivity index (χ0n) is 7.79. The van der Waals surface area contributed by atoms with E-state index >= 15 is 0 Å². The summed E-state index contributed by atoms with van der Waals surface area (Å²) in [6, 6.07) is 2.89. The van der Waals surface area contributed by atoms with Gasteiger partial charge in [0.2, 0.25) is 0 Å². The largest absolute Gasteiger partial charge is 0.293 e. The minimum atomic E-state index is -0.469. The molecule has 0 amide bonds. The molecule has 0 radical (unpaired) electrons. The molecule has 0 bridgehead atoms. The van der Waals surface area contributed by atoms with E-state index in [1.807, 2.05) is 22.6 Å². The lowest BCUT2D eigenvalue weighted by Crippen LogP contribution is -2.05. The predicted molar refractivity (Wildman–Crippen MR) is 65.6 cm³/mol. The number of benzene rings is 1. The van der Waals surface area contributed by atoms with Crippen LogP contribution >= 0.6 is 34.2 Å². The van der Waals surface area contributed by atoms with E-state index in [1.54, 1.807) is 6.92 Å². The van der Waals surface area contributed by atoms with Gasteiger partial charge in [0.15, 0.2) is 5.78 Å². The van der Waals surface area contributed by atoms with Crippen molar-refractivity contribution >= 4 is 45.7 Å². The Balaban J connectivity index is 3.31. The van der Waals surface area contributed by atoms with Gasteiger partial charge in [-0.2, -0.15) is 0 Å². The highest BCUT2D eigenvalue weighted by atomic mass is 127. The Hall–Kier alpha value is -0.690. The van der Waals surface area contributed by atoms with Crippen molar-refractivity contribution < 1.29 is 9.72 Å². The summed E-state index contributed by atoms with van der Waals surface area (Å²) in [6.45, 7) is 1.66. The number of nitro groups is 1. The molecule has 1 rings (SSSR count). The van der Waals surface area contributed by atoms with Gasteiger partial charge < -0.3 is 0 Å². The molecule has 1 aromatic carbocycles. The Bertz CT molecular complexity index is 434. The molecule has 0 saturated carbocycles. The first-order valence-corrected chi connectivity index (χ1v) is 5.62. The third-order valence-corrected chi connectivity index (χ3v) is 3.02. The van der Waals surface area contributed by atoms with Crippen molar-refractivity contribution in [3.05, 3.63) is 36.9 Å². The normalized spacial score (nSPS) is 10.1. The third kappa shape index (κ3) is 2.66. The molecule has 80 valence electrons. The Morgan fingerprint density at radius 3 is 2.67 bits per heavy atom. The maximum Gasteiger partial charge on any atom is 0.282 e. The first-order chi connectivity index (χ1) is 6.97. The third-order valence-electron chi connectivity index (χ3n) is 1.91. The minimum absolute atomic E-state index is 0.0132. The first-order valence-electron chi connectivity index (χ1n) is 4.01. The molecular weight excluding hydrogens is 332 g/mol. The van der Waals surface area contributed by atoms with Crippen LogP contribution in [-0.4, -0.2) is 16.6 Å². The molecule has 0 heterocycles. The molecule has 0 spiro atoms. The SMILES string of the molecule is Cc1cc([N+](=O)[O-])c(I)cc1C(=O)CCl. The van der Waals surface area contributed by atoms with Gasteiger partial charge in [0.25, 0.3) is 5.69 Å². The Morgan fingerprint density at radius 1 is 1.60 bits per heavy atom. The minimum Gasteiger partial charge on any atom is -0.293 e. The van der Waals surface area contributed by atoms with E-state index in [-0.39, 0.29) is 17.4 Å². The number of nitrogens with zero attached hydrogens (tertiary/aromatic N) is 1. The van der Waals surface area contributed by atoms with Crippen molar-refractivity contribution in [1.29, 1.82) is 0 Å². The maximum atomic E-state index is 11.4. The number of hydrogen-bond donors (Lipinski definition) is 0. The van der Waals surface area contributed by atoms with Crippen molar-refractivity contribution in [2.24, 2.45) is 0 Å². The van der Waals surface area contributed by atoms with Crippen LogP contribution in [0.15, 0.2) is 12.1 Å². The van der Waals surface area contributed by atoms with Crippen LogP contribution in [0.25, 0.3) is 0 Å². The molecule has 0 aromatic heterocycles. The number of rotatable bonds is 3. The van der Waals surface area contributed by atoms with Crippen molar-refractivity contribution in [2.75, 3.05) is 5.88 Å². The zero-order valence-corrected chi connectivity index (χ0v) is 10.7. The maximum absolute atomic E-state index is 11.4. The van der Waals surface area contributed by atoms with Crippen LogP contribution in [0.3, 0.4) is 0 Å². The molecule has 0 saturated heterocycles. The van der Waals surface area contributed by atoms with Gasteiger partial charge in [-0.3, -0.25) is 14.9 Å². The highest BCUT2D eigenvalue weighted by Crippen LogP contribution is 2.25. The van der Waals surface area contributed by atoms with Crippen molar-refractivity contribution in [3.63, 3.8) is 0 Å². The molecule has 0 fully saturated rings. The van der Waals surface area contributed by atoms with Crippen molar-refractivity contribution in [3.8, 4) is 0 Å². The second-order valence-electron chi connectivity index (χ2n) is 2.93. The fourth-order valence-corrected chi connectivity index (χ4v) is 1.99. The second kappa shape index (κ2) is 4.89. The van der Waals surface area contributed by atoms with Crippen LogP contribution < -0.4 is 0 Å². The molecule has 0 N–H and O–H groups in total. The zero-order chi connectivity index (χ0) is 11.6. The number of alkyl halides is 1. The summed E-state index contributed by atoms with van der Waals surface area (Å²) in [6.07, 6.45) is 0.